The molecule has 0 aliphatic rings. The molecule has 4 nitrogen and oxygen atoms in total. The second-order valence-corrected chi connectivity index (χ2v) is 5.95. The topological polar surface area (TPSA) is 55.4 Å². The summed E-state index contributed by atoms with van der Waals surface area (Å²) in [5.74, 6) is 1.29. The summed E-state index contributed by atoms with van der Waals surface area (Å²) in [6, 6.07) is 0. The summed E-state index contributed by atoms with van der Waals surface area (Å²) < 4.78 is 5.11. The first-order chi connectivity index (χ1) is 8.35. The number of esters is 1. The minimum atomic E-state index is -0.491. The van der Waals surface area contributed by atoms with Crippen LogP contribution in [0.25, 0.3) is 0 Å². The van der Waals surface area contributed by atoms with Crippen molar-refractivity contribution in [2.45, 2.75) is 39.2 Å². The Morgan fingerprint density at radius 3 is 2.56 bits per heavy atom. The van der Waals surface area contributed by atoms with E-state index < -0.39 is 5.60 Å². The quantitative estimate of drug-likeness (QED) is 0.418. The molecule has 1 amide bonds. The predicted molar refractivity (Wildman–Crippen MR) is 75.6 cm³/mol. The van der Waals surface area contributed by atoms with Crippen molar-refractivity contribution in [1.29, 1.82) is 0 Å². The van der Waals surface area contributed by atoms with Crippen LogP contribution in [0.5, 0.6) is 0 Å². The van der Waals surface area contributed by atoms with Gasteiger partial charge in [-0.25, -0.2) is 0 Å². The van der Waals surface area contributed by atoms with Crippen LogP contribution in [0.3, 0.4) is 0 Å². The van der Waals surface area contributed by atoms with E-state index in [4.69, 9.17) is 4.74 Å². The molecule has 0 aliphatic heterocycles. The first-order valence-corrected chi connectivity index (χ1v) is 7.18. The number of ether oxygens (including phenoxy) is 1. The lowest BCUT2D eigenvalue weighted by Crippen LogP contribution is -2.28. The number of thioether (sulfide) groups is 1. The number of carbonyl (C=O) groups excluding carboxylic acids is 2. The van der Waals surface area contributed by atoms with E-state index in [-0.39, 0.29) is 24.7 Å². The summed E-state index contributed by atoms with van der Waals surface area (Å²) in [4.78, 5) is 22.8. The molecule has 0 fully saturated rings. The molecular formula is C13H23NO3S. The number of rotatable bonds is 8. The standard InChI is InChI=1S/C13H23NO3S/c1-5-9-18-10-8-14-11(15)6-7-12(16)17-13(2,3)4/h5H,1,6-10H2,2-4H3,(H,14,15). The van der Waals surface area contributed by atoms with Crippen LogP contribution in [-0.2, 0) is 14.3 Å². The van der Waals surface area contributed by atoms with Crippen LogP contribution >= 0.6 is 11.8 Å². The second-order valence-electron chi connectivity index (χ2n) is 4.80. The molecule has 0 bridgehead atoms. The van der Waals surface area contributed by atoms with Gasteiger partial charge in [0.05, 0.1) is 6.42 Å². The molecule has 1 N–H and O–H groups in total. The Hall–Kier alpha value is -0.970. The summed E-state index contributed by atoms with van der Waals surface area (Å²) in [6.07, 6.45) is 2.14. The number of nitrogens with one attached hydrogen (secondary N) is 1. The first-order valence-electron chi connectivity index (χ1n) is 6.02. The van der Waals surface area contributed by atoms with E-state index in [2.05, 4.69) is 11.9 Å². The van der Waals surface area contributed by atoms with Gasteiger partial charge >= 0.3 is 5.97 Å². The highest BCUT2D eigenvalue weighted by molar-refractivity contribution is 7.99. The van der Waals surface area contributed by atoms with Crippen molar-refractivity contribution in [3.8, 4) is 0 Å². The zero-order valence-corrected chi connectivity index (χ0v) is 12.3. The van der Waals surface area contributed by atoms with E-state index >= 15 is 0 Å². The zero-order valence-electron chi connectivity index (χ0n) is 11.5. The lowest BCUT2D eigenvalue weighted by atomic mass is 10.2. The molecule has 0 heterocycles. The van der Waals surface area contributed by atoms with Crippen molar-refractivity contribution < 1.29 is 14.3 Å². The average molecular weight is 273 g/mol. The van der Waals surface area contributed by atoms with Crippen molar-refractivity contribution >= 4 is 23.6 Å². The summed E-state index contributed by atoms with van der Waals surface area (Å²) in [7, 11) is 0. The van der Waals surface area contributed by atoms with E-state index in [1.807, 2.05) is 26.8 Å². The third-order valence-corrected chi connectivity index (χ3v) is 2.74. The van der Waals surface area contributed by atoms with Crippen LogP contribution in [0.1, 0.15) is 33.6 Å². The normalized spacial score (nSPS) is 10.8. The molecule has 0 rings (SSSR count). The molecule has 0 atom stereocenters. The molecule has 0 saturated heterocycles. The summed E-state index contributed by atoms with van der Waals surface area (Å²) >= 11 is 1.70. The smallest absolute Gasteiger partial charge is 0.306 e. The van der Waals surface area contributed by atoms with Gasteiger partial charge in [-0.2, -0.15) is 11.8 Å². The molecule has 0 aromatic rings. The van der Waals surface area contributed by atoms with Crippen LogP contribution < -0.4 is 5.32 Å². The fourth-order valence-electron chi connectivity index (χ4n) is 1.13. The lowest BCUT2D eigenvalue weighted by molar-refractivity contribution is -0.155. The molecule has 0 spiro atoms. The van der Waals surface area contributed by atoms with E-state index in [0.717, 1.165) is 11.5 Å². The minimum absolute atomic E-state index is 0.111. The number of hydrogen-bond donors (Lipinski definition) is 1. The van der Waals surface area contributed by atoms with Gasteiger partial charge in [0.2, 0.25) is 5.91 Å². The Morgan fingerprint density at radius 1 is 1.33 bits per heavy atom. The molecule has 0 saturated carbocycles. The van der Waals surface area contributed by atoms with E-state index in [1.54, 1.807) is 11.8 Å². The van der Waals surface area contributed by atoms with Crippen molar-refractivity contribution in [2.24, 2.45) is 0 Å². The van der Waals surface area contributed by atoms with Gasteiger partial charge in [-0.1, -0.05) is 6.08 Å². The molecule has 0 aromatic carbocycles. The van der Waals surface area contributed by atoms with E-state index in [0.29, 0.717) is 6.54 Å². The van der Waals surface area contributed by atoms with Crippen LogP contribution in [0.15, 0.2) is 12.7 Å². The SMILES string of the molecule is C=CCSCCNC(=O)CCC(=O)OC(C)(C)C. The summed E-state index contributed by atoms with van der Waals surface area (Å²) in [5.41, 5.74) is -0.491. The summed E-state index contributed by atoms with van der Waals surface area (Å²) in [5, 5.41) is 2.76. The minimum Gasteiger partial charge on any atom is -0.460 e. The number of amides is 1. The van der Waals surface area contributed by atoms with Gasteiger partial charge < -0.3 is 10.1 Å². The fourth-order valence-corrected chi connectivity index (χ4v) is 1.71. The monoisotopic (exact) mass is 273 g/mol. The van der Waals surface area contributed by atoms with Gasteiger partial charge in [-0.05, 0) is 20.8 Å². The van der Waals surface area contributed by atoms with Gasteiger partial charge in [0.1, 0.15) is 5.60 Å². The van der Waals surface area contributed by atoms with Crippen molar-refractivity contribution in [1.82, 2.24) is 5.32 Å². The Labute approximate surface area is 114 Å². The summed E-state index contributed by atoms with van der Waals surface area (Å²) in [6.45, 7) is 9.65. The van der Waals surface area contributed by atoms with Crippen LogP contribution in [0.4, 0.5) is 0 Å². The maximum Gasteiger partial charge on any atom is 0.306 e. The highest BCUT2D eigenvalue weighted by atomic mass is 32.2. The highest BCUT2D eigenvalue weighted by Gasteiger charge is 2.16. The van der Waals surface area contributed by atoms with E-state index in [9.17, 15) is 9.59 Å². The molecule has 18 heavy (non-hydrogen) atoms. The average Bonchev–Trinajstić information content (AvgIpc) is 2.24. The Morgan fingerprint density at radius 2 is 2.00 bits per heavy atom. The maximum atomic E-state index is 11.4. The van der Waals surface area contributed by atoms with Gasteiger partial charge in [0.25, 0.3) is 0 Å². The zero-order chi connectivity index (χ0) is 14.0. The van der Waals surface area contributed by atoms with Crippen molar-refractivity contribution in [3.05, 3.63) is 12.7 Å². The molecular weight excluding hydrogens is 250 g/mol. The molecule has 104 valence electrons. The van der Waals surface area contributed by atoms with Gasteiger partial charge in [0.15, 0.2) is 0 Å². The van der Waals surface area contributed by atoms with Crippen LogP contribution in [0, 0.1) is 0 Å². The lowest BCUT2D eigenvalue weighted by Gasteiger charge is -2.19. The molecule has 5 heteroatoms. The maximum absolute atomic E-state index is 11.4. The fraction of sp³-hybridized carbons (Fsp3) is 0.692. The number of carbonyl (C=O) groups is 2. The Kier molecular flexibility index (Phi) is 8.54. The first kappa shape index (κ1) is 17.0. The second kappa shape index (κ2) is 9.03. The Bertz CT molecular complexity index is 284. The van der Waals surface area contributed by atoms with Gasteiger partial charge in [0, 0.05) is 24.5 Å². The predicted octanol–water partition coefficient (Wildman–Crippen LogP) is 2.14. The highest BCUT2D eigenvalue weighted by Crippen LogP contribution is 2.09. The van der Waals surface area contributed by atoms with Crippen molar-refractivity contribution in [3.63, 3.8) is 0 Å². The van der Waals surface area contributed by atoms with Gasteiger partial charge in [-0.15, -0.1) is 6.58 Å². The van der Waals surface area contributed by atoms with E-state index in [1.165, 1.54) is 0 Å². The molecule has 0 aromatic heterocycles. The molecule has 0 unspecified atom stereocenters. The largest absolute Gasteiger partial charge is 0.460 e. The molecule has 0 aliphatic carbocycles. The van der Waals surface area contributed by atoms with Crippen LogP contribution in [0.2, 0.25) is 0 Å². The number of hydrogen-bond acceptors (Lipinski definition) is 4. The van der Waals surface area contributed by atoms with Crippen LogP contribution in [-0.4, -0.2) is 35.5 Å². The Balaban J connectivity index is 3.58. The molecule has 0 radical (unpaired) electrons. The third-order valence-electron chi connectivity index (χ3n) is 1.78. The van der Waals surface area contributed by atoms with Gasteiger partial charge in [-0.3, -0.25) is 9.59 Å². The van der Waals surface area contributed by atoms with Crippen molar-refractivity contribution in [2.75, 3.05) is 18.1 Å². The third kappa shape index (κ3) is 11.5.